The van der Waals surface area contributed by atoms with Crippen LogP contribution in [0.2, 0.25) is 0 Å². The zero-order valence-corrected chi connectivity index (χ0v) is 28.4. The molecule has 0 spiro atoms. The molecule has 3 aromatic carbocycles. The molecule has 12 heteroatoms. The smallest absolute Gasteiger partial charge is 0.209 e. The Hall–Kier alpha value is -3.80. The van der Waals surface area contributed by atoms with E-state index in [4.69, 9.17) is 24.5 Å². The number of methoxy groups -OCH3 is 2. The predicted octanol–water partition coefficient (Wildman–Crippen LogP) is 6.33. The van der Waals surface area contributed by atoms with Crippen molar-refractivity contribution in [1.82, 2.24) is 5.32 Å². The zero-order chi connectivity index (χ0) is 33.4. The Morgan fingerprint density at radius 2 is 1.87 bits per heavy atom. The van der Waals surface area contributed by atoms with Crippen molar-refractivity contribution in [2.24, 2.45) is 5.11 Å². The number of nitrogens with zero attached hydrogens (tertiary/aromatic N) is 4. The lowest BCUT2D eigenvalue weighted by Gasteiger charge is -2.39. The van der Waals surface area contributed by atoms with Gasteiger partial charge >= 0.3 is 0 Å². The van der Waals surface area contributed by atoms with Gasteiger partial charge in [0.2, 0.25) is 9.84 Å². The van der Waals surface area contributed by atoms with Gasteiger partial charge in [-0.3, -0.25) is 0 Å². The van der Waals surface area contributed by atoms with Crippen molar-refractivity contribution in [3.63, 3.8) is 0 Å². The van der Waals surface area contributed by atoms with Crippen LogP contribution in [0.1, 0.15) is 54.2 Å². The van der Waals surface area contributed by atoms with Crippen LogP contribution >= 0.6 is 0 Å². The average molecular weight is 664 g/mol. The molecule has 2 aliphatic heterocycles. The van der Waals surface area contributed by atoms with E-state index in [1.165, 1.54) is 0 Å². The summed E-state index contributed by atoms with van der Waals surface area (Å²) in [7, 11) is -0.683. The first-order valence-corrected chi connectivity index (χ1v) is 17.7. The van der Waals surface area contributed by atoms with Crippen LogP contribution in [-0.4, -0.2) is 73.7 Å². The van der Waals surface area contributed by atoms with E-state index in [0.717, 1.165) is 41.3 Å². The summed E-state index contributed by atoms with van der Waals surface area (Å²) in [4.78, 5) is 5.39. The molecule has 5 atom stereocenters. The van der Waals surface area contributed by atoms with E-state index >= 15 is 0 Å². The molecular formula is C35H45N5O6S. The van der Waals surface area contributed by atoms with Crippen molar-refractivity contribution in [2.75, 3.05) is 52.0 Å². The normalized spacial score (nSPS) is 20.8. The van der Waals surface area contributed by atoms with Crippen LogP contribution in [0.3, 0.4) is 0 Å². The van der Waals surface area contributed by atoms with Crippen LogP contribution in [0.15, 0.2) is 76.7 Å². The maximum absolute atomic E-state index is 14.5. The van der Waals surface area contributed by atoms with Crippen molar-refractivity contribution in [3.05, 3.63) is 93.9 Å². The summed E-state index contributed by atoms with van der Waals surface area (Å²) in [6.45, 7) is 6.88. The highest BCUT2D eigenvalue weighted by Gasteiger charge is 2.39. The van der Waals surface area contributed by atoms with Crippen LogP contribution in [-0.2, 0) is 19.3 Å². The van der Waals surface area contributed by atoms with Gasteiger partial charge in [-0.25, -0.2) is 8.42 Å². The lowest BCUT2D eigenvalue weighted by molar-refractivity contribution is -0.00696. The first kappa shape index (κ1) is 34.5. The van der Waals surface area contributed by atoms with Gasteiger partial charge in [-0.15, -0.1) is 0 Å². The molecule has 3 aromatic rings. The third kappa shape index (κ3) is 8.38. The van der Waals surface area contributed by atoms with Gasteiger partial charge in [-0.1, -0.05) is 47.9 Å². The number of rotatable bonds is 14. The second-order valence-corrected chi connectivity index (χ2v) is 14.3. The Morgan fingerprint density at radius 1 is 1.11 bits per heavy atom. The van der Waals surface area contributed by atoms with E-state index in [-0.39, 0.29) is 22.9 Å². The third-order valence-electron chi connectivity index (χ3n) is 8.93. The van der Waals surface area contributed by atoms with Crippen molar-refractivity contribution >= 4 is 15.5 Å². The Bertz CT molecular complexity index is 1630. The Morgan fingerprint density at radius 3 is 2.57 bits per heavy atom. The van der Waals surface area contributed by atoms with Crippen LogP contribution in [0.25, 0.3) is 10.4 Å². The van der Waals surface area contributed by atoms with Crippen molar-refractivity contribution in [3.8, 4) is 11.5 Å². The molecule has 252 valence electrons. The first-order chi connectivity index (χ1) is 22.7. The lowest BCUT2D eigenvalue weighted by Crippen LogP contribution is -2.48. The molecule has 5 rings (SSSR count). The molecule has 0 aromatic heterocycles. The molecule has 47 heavy (non-hydrogen) atoms. The van der Waals surface area contributed by atoms with Gasteiger partial charge in [0, 0.05) is 49.7 Å². The number of benzene rings is 3. The molecule has 0 bridgehead atoms. The monoisotopic (exact) mass is 663 g/mol. The molecule has 1 unspecified atom stereocenters. The minimum Gasteiger partial charge on any atom is -0.497 e. The highest BCUT2D eigenvalue weighted by atomic mass is 32.2. The number of ether oxygens (including phenoxy) is 4. The number of nitrogens with one attached hydrogen (secondary N) is 1. The number of hydrogen-bond acceptors (Lipinski definition) is 9. The molecule has 1 saturated heterocycles. The Kier molecular flexibility index (Phi) is 11.7. The van der Waals surface area contributed by atoms with Crippen molar-refractivity contribution < 1.29 is 27.4 Å². The van der Waals surface area contributed by atoms with E-state index in [2.05, 4.69) is 20.2 Å². The standard InChI is InChI=1S/C35H45N5O6S/c1-24-6-13-30(14-7-24)47(41,42)35(27-10-15-33-32(21-27)40(17-19-45-33)16-5-18-43-3)46-34-23-37-28(20-25(2)38-39-36)22-31(34)26-8-11-29(44-4)12-9-26/h6-15,21,25,28,31,34-35,37H,5,16-20,22-23H2,1-4H3/t25-,28-,31+,34-,35?/m0/s1. The van der Waals surface area contributed by atoms with Gasteiger partial charge < -0.3 is 29.2 Å². The van der Waals surface area contributed by atoms with Crippen LogP contribution < -0.4 is 19.7 Å². The van der Waals surface area contributed by atoms with Gasteiger partial charge in [0.25, 0.3) is 0 Å². The summed E-state index contributed by atoms with van der Waals surface area (Å²) < 4.78 is 52.5. The number of anilines is 1. The SMILES string of the molecule is COCCCN1CCOc2ccc(C(O[C@H]3CN[C@@H](C[C@H](C)N=[N+]=[N-])C[C@@H]3c3ccc(OC)cc3)S(=O)(=O)c3ccc(C)cc3)cc21. The van der Waals surface area contributed by atoms with Crippen molar-refractivity contribution in [1.29, 1.82) is 0 Å². The van der Waals surface area contributed by atoms with Crippen LogP contribution in [0.4, 0.5) is 5.69 Å². The highest BCUT2D eigenvalue weighted by molar-refractivity contribution is 7.91. The minimum absolute atomic E-state index is 0.0520. The molecule has 1 fully saturated rings. The maximum atomic E-state index is 14.5. The fraction of sp³-hybridized carbons (Fsp3) is 0.486. The summed E-state index contributed by atoms with van der Waals surface area (Å²) in [6.07, 6.45) is 1.67. The quantitative estimate of drug-likeness (QED) is 0.0915. The number of aryl methyl sites for hydroxylation is 1. The molecule has 2 aliphatic rings. The fourth-order valence-corrected chi connectivity index (χ4v) is 8.00. The van der Waals surface area contributed by atoms with Gasteiger partial charge in [-0.2, -0.15) is 0 Å². The third-order valence-corrected chi connectivity index (χ3v) is 10.8. The summed E-state index contributed by atoms with van der Waals surface area (Å²) in [5, 5.41) is 7.43. The molecule has 0 saturated carbocycles. The molecule has 0 radical (unpaired) electrons. The van der Waals surface area contributed by atoms with Gasteiger partial charge in [0.1, 0.15) is 18.1 Å². The number of azide groups is 1. The first-order valence-electron chi connectivity index (χ1n) is 16.1. The fourth-order valence-electron chi connectivity index (χ4n) is 6.45. The van der Waals surface area contributed by atoms with Crippen molar-refractivity contribution in [2.45, 2.75) is 67.5 Å². The Labute approximate surface area is 277 Å². The summed E-state index contributed by atoms with van der Waals surface area (Å²) in [5.41, 5.74) is 11.1. The Balaban J connectivity index is 1.53. The minimum atomic E-state index is -4.00. The molecule has 1 N–H and O–H groups in total. The maximum Gasteiger partial charge on any atom is 0.209 e. The topological polar surface area (TPSA) is 135 Å². The number of sulfone groups is 1. The van der Waals surface area contributed by atoms with E-state index in [9.17, 15) is 8.42 Å². The van der Waals surface area contributed by atoms with Crippen LogP contribution in [0.5, 0.6) is 11.5 Å². The molecule has 0 amide bonds. The van der Waals surface area contributed by atoms with Gasteiger partial charge in [0.15, 0.2) is 5.44 Å². The second kappa shape index (κ2) is 15.9. The number of hydrogen-bond donors (Lipinski definition) is 1. The van der Waals surface area contributed by atoms with Crippen LogP contribution in [0, 0.1) is 6.92 Å². The van der Waals surface area contributed by atoms with E-state index < -0.39 is 21.4 Å². The predicted molar refractivity (Wildman–Crippen MR) is 182 cm³/mol. The van der Waals surface area contributed by atoms with E-state index in [1.54, 1.807) is 44.6 Å². The largest absolute Gasteiger partial charge is 0.497 e. The van der Waals surface area contributed by atoms with E-state index in [1.807, 2.05) is 50.2 Å². The summed E-state index contributed by atoms with van der Waals surface area (Å²) >= 11 is 0. The molecule has 2 heterocycles. The summed E-state index contributed by atoms with van der Waals surface area (Å²) in [5.74, 6) is 1.32. The number of fused-ring (bicyclic) bond motifs is 1. The van der Waals surface area contributed by atoms with Gasteiger partial charge in [-0.05, 0) is 79.2 Å². The zero-order valence-electron chi connectivity index (χ0n) is 27.5. The average Bonchev–Trinajstić information content (AvgIpc) is 3.08. The molecule has 0 aliphatic carbocycles. The second-order valence-electron chi connectivity index (χ2n) is 12.3. The van der Waals surface area contributed by atoms with E-state index in [0.29, 0.717) is 44.7 Å². The highest BCUT2D eigenvalue weighted by Crippen LogP contribution is 2.41. The molecule has 11 nitrogen and oxygen atoms in total. The summed E-state index contributed by atoms with van der Waals surface area (Å²) in [6, 6.07) is 20.2. The van der Waals surface area contributed by atoms with Gasteiger partial charge in [0.05, 0.1) is 30.3 Å². The lowest BCUT2D eigenvalue weighted by atomic mass is 9.82. The number of piperidine rings is 1. The molecular weight excluding hydrogens is 618 g/mol.